The van der Waals surface area contributed by atoms with Gasteiger partial charge in [-0.2, -0.15) is 0 Å². The Morgan fingerprint density at radius 1 is 1.09 bits per heavy atom. The Hall–Kier alpha value is -2.48. The first-order chi connectivity index (χ1) is 11.1. The predicted molar refractivity (Wildman–Crippen MR) is 84.3 cm³/mol. The molecular weight excluding hydrogens is 318 g/mol. The molecule has 0 spiro atoms. The van der Waals surface area contributed by atoms with Crippen LogP contribution in [0.25, 0.3) is 0 Å². The first-order valence-corrected chi connectivity index (χ1v) is 8.73. The molecule has 0 bridgehead atoms. The normalized spacial score (nSPS) is 16.2. The molecule has 1 aromatic heterocycles. The molecule has 23 heavy (non-hydrogen) atoms. The van der Waals surface area contributed by atoms with E-state index in [9.17, 15) is 8.42 Å². The number of pyridine rings is 1. The molecule has 8 heteroatoms. The van der Waals surface area contributed by atoms with Crippen LogP contribution in [0.15, 0.2) is 41.4 Å². The molecular formula is C15H15N3O4S. The number of benzene rings is 1. The van der Waals surface area contributed by atoms with Gasteiger partial charge in [0.15, 0.2) is 11.5 Å². The number of hydrogen-bond donors (Lipinski definition) is 2. The van der Waals surface area contributed by atoms with Crippen LogP contribution >= 0.6 is 0 Å². The highest BCUT2D eigenvalue weighted by Gasteiger charge is 2.22. The summed E-state index contributed by atoms with van der Waals surface area (Å²) in [6.45, 7) is 0.103. The number of sulfonamides is 1. The predicted octanol–water partition coefficient (Wildman–Crippen LogP) is 2.19. The van der Waals surface area contributed by atoms with Gasteiger partial charge in [-0.15, -0.1) is 0 Å². The van der Waals surface area contributed by atoms with Crippen LogP contribution in [0.1, 0.15) is 12.8 Å². The standard InChI is InChI=1S/C15H15N3O4S/c19-23(20,12-4-5-13-14(7-12)22-9-21-13)18-11-3-6-15(16-8-11)17-10-1-2-10/h3-8,10,18H,1-2,9H2,(H,16,17). The quantitative estimate of drug-likeness (QED) is 0.872. The van der Waals surface area contributed by atoms with Crippen LogP contribution in [0, 0.1) is 0 Å². The summed E-state index contributed by atoms with van der Waals surface area (Å²) >= 11 is 0. The molecule has 1 aromatic carbocycles. The lowest BCUT2D eigenvalue weighted by Gasteiger charge is -2.09. The van der Waals surface area contributed by atoms with Crippen LogP contribution in [0.3, 0.4) is 0 Å². The molecule has 0 radical (unpaired) electrons. The zero-order valence-electron chi connectivity index (χ0n) is 12.2. The SMILES string of the molecule is O=S(=O)(Nc1ccc(NC2CC2)nc1)c1ccc2c(c1)OCO2. The maximum Gasteiger partial charge on any atom is 0.262 e. The van der Waals surface area contributed by atoms with Gasteiger partial charge in [0.1, 0.15) is 5.82 Å². The van der Waals surface area contributed by atoms with Gasteiger partial charge in [-0.05, 0) is 37.1 Å². The number of nitrogens with zero attached hydrogens (tertiary/aromatic N) is 1. The van der Waals surface area contributed by atoms with Gasteiger partial charge >= 0.3 is 0 Å². The molecule has 0 saturated heterocycles. The highest BCUT2D eigenvalue weighted by Crippen LogP contribution is 2.34. The smallest absolute Gasteiger partial charge is 0.262 e. The lowest BCUT2D eigenvalue weighted by Crippen LogP contribution is -2.13. The third kappa shape index (κ3) is 3.02. The fourth-order valence-corrected chi connectivity index (χ4v) is 3.29. The minimum atomic E-state index is -3.70. The number of anilines is 2. The van der Waals surface area contributed by atoms with Gasteiger partial charge in [-0.1, -0.05) is 0 Å². The molecule has 0 amide bonds. The maximum absolute atomic E-state index is 12.4. The lowest BCUT2D eigenvalue weighted by atomic mass is 10.3. The number of aromatic nitrogens is 1. The van der Waals surface area contributed by atoms with Gasteiger partial charge in [0.2, 0.25) is 6.79 Å². The van der Waals surface area contributed by atoms with Crippen LogP contribution < -0.4 is 19.5 Å². The molecule has 2 N–H and O–H groups in total. The minimum Gasteiger partial charge on any atom is -0.454 e. The number of fused-ring (bicyclic) bond motifs is 1. The highest BCUT2D eigenvalue weighted by atomic mass is 32.2. The zero-order valence-corrected chi connectivity index (χ0v) is 13.0. The summed E-state index contributed by atoms with van der Waals surface area (Å²) in [4.78, 5) is 4.32. The van der Waals surface area contributed by atoms with Gasteiger partial charge in [0, 0.05) is 12.1 Å². The van der Waals surface area contributed by atoms with E-state index in [0.717, 1.165) is 18.7 Å². The molecule has 1 fully saturated rings. The summed E-state index contributed by atoms with van der Waals surface area (Å²) in [7, 11) is -3.70. The van der Waals surface area contributed by atoms with Gasteiger partial charge in [-0.25, -0.2) is 13.4 Å². The second-order valence-corrected chi connectivity index (χ2v) is 7.15. The van der Waals surface area contributed by atoms with E-state index in [4.69, 9.17) is 9.47 Å². The molecule has 1 saturated carbocycles. The van der Waals surface area contributed by atoms with Crippen molar-refractivity contribution in [1.82, 2.24) is 4.98 Å². The van der Waals surface area contributed by atoms with Crippen LogP contribution in [0.2, 0.25) is 0 Å². The van der Waals surface area contributed by atoms with Crippen LogP contribution in [-0.4, -0.2) is 26.2 Å². The summed E-state index contributed by atoms with van der Waals surface area (Å²) < 4.78 is 37.7. The van der Waals surface area contributed by atoms with Crippen LogP contribution in [0.5, 0.6) is 11.5 Å². The van der Waals surface area contributed by atoms with Gasteiger partial charge in [0.05, 0.1) is 16.8 Å². The summed E-state index contributed by atoms with van der Waals surface area (Å²) in [6.07, 6.45) is 3.80. The van der Waals surface area contributed by atoms with Crippen molar-refractivity contribution in [3.63, 3.8) is 0 Å². The molecule has 4 rings (SSSR count). The van der Waals surface area contributed by atoms with Crippen LogP contribution in [-0.2, 0) is 10.0 Å². The third-order valence-corrected chi connectivity index (χ3v) is 4.98. The highest BCUT2D eigenvalue weighted by molar-refractivity contribution is 7.92. The van der Waals surface area contributed by atoms with E-state index < -0.39 is 10.0 Å². The average molecular weight is 333 g/mol. The summed E-state index contributed by atoms with van der Waals surface area (Å²) in [6, 6.07) is 8.45. The number of hydrogen-bond acceptors (Lipinski definition) is 6. The first-order valence-electron chi connectivity index (χ1n) is 7.25. The molecule has 0 atom stereocenters. The fourth-order valence-electron chi connectivity index (χ4n) is 2.23. The van der Waals surface area contributed by atoms with E-state index in [0.29, 0.717) is 23.2 Å². The summed E-state index contributed by atoms with van der Waals surface area (Å²) in [5.41, 5.74) is 0.406. The van der Waals surface area contributed by atoms with E-state index >= 15 is 0 Å². The monoisotopic (exact) mass is 333 g/mol. The number of ether oxygens (including phenoxy) is 2. The van der Waals surface area contributed by atoms with Crippen molar-refractivity contribution in [2.75, 3.05) is 16.8 Å². The Kier molecular flexibility index (Phi) is 3.26. The Morgan fingerprint density at radius 3 is 2.65 bits per heavy atom. The molecule has 2 heterocycles. The molecule has 120 valence electrons. The van der Waals surface area contributed by atoms with E-state index in [1.54, 1.807) is 18.2 Å². The minimum absolute atomic E-state index is 0.103. The van der Waals surface area contributed by atoms with Gasteiger partial charge < -0.3 is 14.8 Å². The molecule has 7 nitrogen and oxygen atoms in total. The number of rotatable bonds is 5. The molecule has 2 aromatic rings. The third-order valence-electron chi connectivity index (χ3n) is 3.60. The van der Waals surface area contributed by atoms with Crippen molar-refractivity contribution in [3.05, 3.63) is 36.5 Å². The van der Waals surface area contributed by atoms with Crippen molar-refractivity contribution in [1.29, 1.82) is 0 Å². The van der Waals surface area contributed by atoms with E-state index in [2.05, 4.69) is 15.0 Å². The zero-order chi connectivity index (χ0) is 15.9. The molecule has 2 aliphatic rings. The molecule has 0 unspecified atom stereocenters. The Morgan fingerprint density at radius 2 is 1.91 bits per heavy atom. The van der Waals surface area contributed by atoms with E-state index in [-0.39, 0.29) is 11.7 Å². The second-order valence-electron chi connectivity index (χ2n) is 5.47. The van der Waals surface area contributed by atoms with Crippen molar-refractivity contribution >= 4 is 21.5 Å². The Labute approximate surface area is 133 Å². The Bertz CT molecular complexity index is 832. The summed E-state index contributed by atoms with van der Waals surface area (Å²) in [5, 5.41) is 3.25. The van der Waals surface area contributed by atoms with Crippen molar-refractivity contribution in [3.8, 4) is 11.5 Å². The largest absolute Gasteiger partial charge is 0.454 e. The molecule has 1 aliphatic carbocycles. The molecule has 1 aliphatic heterocycles. The number of nitrogens with one attached hydrogen (secondary N) is 2. The second kappa shape index (κ2) is 5.31. The van der Waals surface area contributed by atoms with Gasteiger partial charge in [-0.3, -0.25) is 4.72 Å². The maximum atomic E-state index is 12.4. The van der Waals surface area contributed by atoms with E-state index in [1.807, 2.05) is 0 Å². The van der Waals surface area contributed by atoms with E-state index in [1.165, 1.54) is 18.3 Å². The van der Waals surface area contributed by atoms with Crippen LogP contribution in [0.4, 0.5) is 11.5 Å². The van der Waals surface area contributed by atoms with Gasteiger partial charge in [0.25, 0.3) is 10.0 Å². The first kappa shape index (κ1) is 14.1. The lowest BCUT2D eigenvalue weighted by molar-refractivity contribution is 0.174. The fraction of sp³-hybridized carbons (Fsp3) is 0.267. The van der Waals surface area contributed by atoms with Crippen molar-refractivity contribution in [2.45, 2.75) is 23.8 Å². The average Bonchev–Trinajstić information content (AvgIpc) is 3.22. The Balaban J connectivity index is 1.52. The topological polar surface area (TPSA) is 89.6 Å². The summed E-state index contributed by atoms with van der Waals surface area (Å²) in [5.74, 6) is 1.72. The van der Waals surface area contributed by atoms with Crippen molar-refractivity contribution < 1.29 is 17.9 Å². The van der Waals surface area contributed by atoms with Crippen molar-refractivity contribution in [2.24, 2.45) is 0 Å².